The Kier molecular flexibility index (Phi) is 12.5. The van der Waals surface area contributed by atoms with Gasteiger partial charge in [0.2, 0.25) is 0 Å². The quantitative estimate of drug-likeness (QED) is 0.254. The lowest BCUT2D eigenvalue weighted by Gasteiger charge is -1.97. The minimum atomic E-state index is 1.18. The summed E-state index contributed by atoms with van der Waals surface area (Å²) in [5.74, 6) is 0. The molecule has 0 aliphatic heterocycles. The van der Waals surface area contributed by atoms with Crippen molar-refractivity contribution in [1.82, 2.24) is 0 Å². The van der Waals surface area contributed by atoms with Crippen LogP contribution in [0.4, 0.5) is 0 Å². The van der Waals surface area contributed by atoms with Crippen LogP contribution in [0, 0.1) is 0 Å². The van der Waals surface area contributed by atoms with Crippen molar-refractivity contribution in [2.24, 2.45) is 0 Å². The van der Waals surface area contributed by atoms with Crippen molar-refractivity contribution in [3.05, 3.63) is 37.0 Å². The molecule has 86 valence electrons. The van der Waals surface area contributed by atoms with Gasteiger partial charge in [-0.2, -0.15) is 0 Å². The normalized spacial score (nSPS) is 11.5. The molecule has 0 atom stereocenters. The molecule has 0 aromatic rings. The number of allylic oxidation sites excluding steroid dienone is 5. The summed E-state index contributed by atoms with van der Waals surface area (Å²) in [6.45, 7) is 5.84. The second kappa shape index (κ2) is 13.2. The smallest absolute Gasteiger partial charge is 0.0348 e. The summed E-state index contributed by atoms with van der Waals surface area (Å²) in [5.41, 5.74) is 0. The summed E-state index contributed by atoms with van der Waals surface area (Å²) < 4.78 is 0. The summed E-state index contributed by atoms with van der Waals surface area (Å²) >= 11 is 0. The largest absolute Gasteiger partial charge is 0.0991 e. The van der Waals surface area contributed by atoms with Crippen LogP contribution in [-0.4, -0.2) is 0 Å². The van der Waals surface area contributed by atoms with Crippen molar-refractivity contribution < 1.29 is 0 Å². The molecule has 0 aromatic heterocycles. The lowest BCUT2D eigenvalue weighted by molar-refractivity contribution is 0.622. The van der Waals surface area contributed by atoms with Crippen molar-refractivity contribution >= 4 is 0 Å². The van der Waals surface area contributed by atoms with Gasteiger partial charge in [-0.1, -0.05) is 63.1 Å². The number of unbranched alkanes of at least 4 members (excludes halogenated alkanes) is 6. The molecule has 0 saturated carbocycles. The summed E-state index contributed by atoms with van der Waals surface area (Å²) in [5, 5.41) is 0. The highest BCUT2D eigenvalue weighted by Crippen LogP contribution is 2.08. The topological polar surface area (TPSA) is 0 Å². The van der Waals surface area contributed by atoms with Crippen molar-refractivity contribution in [3.8, 4) is 0 Å². The van der Waals surface area contributed by atoms with Gasteiger partial charge in [0.05, 0.1) is 0 Å². The molecule has 0 rings (SSSR count). The Morgan fingerprint density at radius 3 is 2.00 bits per heavy atom. The van der Waals surface area contributed by atoms with Gasteiger partial charge in [-0.25, -0.2) is 0 Å². The number of hydrogen-bond acceptors (Lipinski definition) is 0. The monoisotopic (exact) mass is 206 g/mol. The first-order chi connectivity index (χ1) is 7.41. The minimum absolute atomic E-state index is 1.18. The fourth-order valence-electron chi connectivity index (χ4n) is 1.53. The molecule has 0 saturated heterocycles. The van der Waals surface area contributed by atoms with E-state index in [-0.39, 0.29) is 0 Å². The zero-order valence-electron chi connectivity index (χ0n) is 10.3. The van der Waals surface area contributed by atoms with Gasteiger partial charge < -0.3 is 0 Å². The fraction of sp³-hybridized carbons (Fsp3) is 0.600. The number of rotatable bonds is 10. The van der Waals surface area contributed by atoms with Gasteiger partial charge in [-0.15, -0.1) is 0 Å². The van der Waals surface area contributed by atoms with Gasteiger partial charge in [0, 0.05) is 0 Å². The molecule has 0 aliphatic carbocycles. The zero-order chi connectivity index (χ0) is 11.2. The van der Waals surface area contributed by atoms with E-state index < -0.39 is 0 Å². The first kappa shape index (κ1) is 14.2. The predicted molar refractivity (Wildman–Crippen MR) is 71.1 cm³/mol. The maximum Gasteiger partial charge on any atom is -0.0348 e. The van der Waals surface area contributed by atoms with Gasteiger partial charge in [-0.05, 0) is 32.1 Å². The molecule has 0 heteroatoms. The van der Waals surface area contributed by atoms with Gasteiger partial charge in [0.1, 0.15) is 0 Å². The first-order valence-electron chi connectivity index (χ1n) is 6.34. The lowest BCUT2D eigenvalue weighted by Crippen LogP contribution is -1.78. The molecule has 0 amide bonds. The van der Waals surface area contributed by atoms with Gasteiger partial charge >= 0.3 is 0 Å². The molecule has 15 heavy (non-hydrogen) atoms. The highest BCUT2D eigenvalue weighted by molar-refractivity contribution is 4.96. The van der Waals surface area contributed by atoms with E-state index in [1.165, 1.54) is 51.4 Å². The SMILES string of the molecule is C=CC=CCCCCCCCC=CCC. The standard InChI is InChI=1S/C15H26/c1-3-5-7-9-11-13-15-14-12-10-8-6-4-2/h3,5-8H,1,4,9-15H2,2H3. The molecule has 0 nitrogen and oxygen atoms in total. The van der Waals surface area contributed by atoms with Crippen LogP contribution >= 0.6 is 0 Å². The molecular weight excluding hydrogens is 180 g/mol. The number of hydrogen-bond donors (Lipinski definition) is 0. The van der Waals surface area contributed by atoms with Gasteiger partial charge in [-0.3, -0.25) is 0 Å². The summed E-state index contributed by atoms with van der Waals surface area (Å²) in [6.07, 6.45) is 21.2. The third-order valence-electron chi connectivity index (χ3n) is 2.42. The molecule has 0 fully saturated rings. The summed E-state index contributed by atoms with van der Waals surface area (Å²) in [6, 6.07) is 0. The fourth-order valence-corrected chi connectivity index (χ4v) is 1.53. The van der Waals surface area contributed by atoms with E-state index >= 15 is 0 Å². The maximum atomic E-state index is 3.65. The highest BCUT2D eigenvalue weighted by atomic mass is 13.9. The highest BCUT2D eigenvalue weighted by Gasteiger charge is 1.88. The lowest BCUT2D eigenvalue weighted by atomic mass is 10.1. The van der Waals surface area contributed by atoms with Crippen LogP contribution < -0.4 is 0 Å². The summed E-state index contributed by atoms with van der Waals surface area (Å²) in [4.78, 5) is 0. The molecule has 0 bridgehead atoms. The van der Waals surface area contributed by atoms with E-state index in [1.54, 1.807) is 0 Å². The molecule has 0 N–H and O–H groups in total. The molecule has 0 aliphatic rings. The maximum absolute atomic E-state index is 3.65. The molecule has 0 radical (unpaired) electrons. The molecule has 0 aromatic carbocycles. The van der Waals surface area contributed by atoms with Gasteiger partial charge in [0.25, 0.3) is 0 Å². The third kappa shape index (κ3) is 13.2. The van der Waals surface area contributed by atoms with Crippen LogP contribution in [0.5, 0.6) is 0 Å². The zero-order valence-corrected chi connectivity index (χ0v) is 10.3. The summed E-state index contributed by atoms with van der Waals surface area (Å²) in [7, 11) is 0. The molecule has 0 spiro atoms. The van der Waals surface area contributed by atoms with E-state index in [1.807, 2.05) is 12.2 Å². The van der Waals surface area contributed by atoms with Gasteiger partial charge in [0.15, 0.2) is 0 Å². The average Bonchev–Trinajstić information content (AvgIpc) is 2.26. The van der Waals surface area contributed by atoms with Crippen LogP contribution in [0.25, 0.3) is 0 Å². The minimum Gasteiger partial charge on any atom is -0.0991 e. The Morgan fingerprint density at radius 1 is 0.800 bits per heavy atom. The van der Waals surface area contributed by atoms with Crippen LogP contribution in [0.1, 0.15) is 58.3 Å². The van der Waals surface area contributed by atoms with Crippen molar-refractivity contribution in [3.63, 3.8) is 0 Å². The Balaban J connectivity index is 3.01. The van der Waals surface area contributed by atoms with E-state index in [9.17, 15) is 0 Å². The Morgan fingerprint density at radius 2 is 1.40 bits per heavy atom. The van der Waals surface area contributed by atoms with Crippen molar-refractivity contribution in [2.45, 2.75) is 58.3 Å². The van der Waals surface area contributed by atoms with Crippen LogP contribution in [-0.2, 0) is 0 Å². The van der Waals surface area contributed by atoms with E-state index in [0.717, 1.165) is 0 Å². The van der Waals surface area contributed by atoms with Crippen LogP contribution in [0.15, 0.2) is 37.0 Å². The Labute approximate surface area is 95.8 Å². The van der Waals surface area contributed by atoms with E-state index in [0.29, 0.717) is 0 Å². The Hall–Kier alpha value is -0.780. The second-order valence-corrected chi connectivity index (χ2v) is 3.89. The second-order valence-electron chi connectivity index (χ2n) is 3.89. The van der Waals surface area contributed by atoms with Crippen LogP contribution in [0.3, 0.4) is 0 Å². The Bertz CT molecular complexity index is 174. The van der Waals surface area contributed by atoms with Crippen molar-refractivity contribution in [1.29, 1.82) is 0 Å². The molecule has 0 heterocycles. The van der Waals surface area contributed by atoms with Crippen LogP contribution in [0.2, 0.25) is 0 Å². The predicted octanol–water partition coefficient (Wildman–Crippen LogP) is 5.43. The molecular formula is C15H26. The van der Waals surface area contributed by atoms with E-state index in [2.05, 4.69) is 31.7 Å². The molecule has 0 unspecified atom stereocenters. The third-order valence-corrected chi connectivity index (χ3v) is 2.42. The first-order valence-corrected chi connectivity index (χ1v) is 6.34. The van der Waals surface area contributed by atoms with E-state index in [4.69, 9.17) is 0 Å². The van der Waals surface area contributed by atoms with Crippen molar-refractivity contribution in [2.75, 3.05) is 0 Å². The average molecular weight is 206 g/mol.